The highest BCUT2D eigenvalue weighted by Gasteiger charge is 2.28. The lowest BCUT2D eigenvalue weighted by Gasteiger charge is -2.26. The van der Waals surface area contributed by atoms with Crippen molar-refractivity contribution in [2.24, 2.45) is 5.92 Å². The van der Waals surface area contributed by atoms with Gasteiger partial charge in [-0.25, -0.2) is 19.3 Å². The molecule has 0 atom stereocenters. The van der Waals surface area contributed by atoms with E-state index in [4.69, 9.17) is 5.11 Å². The number of hydrogen-bond donors (Lipinski definition) is 3. The maximum Gasteiger partial charge on any atom is 0.223 e. The Morgan fingerprint density at radius 1 is 1.16 bits per heavy atom. The molecule has 0 aliphatic heterocycles. The van der Waals surface area contributed by atoms with Gasteiger partial charge in [-0.1, -0.05) is 6.07 Å². The van der Waals surface area contributed by atoms with E-state index in [0.717, 1.165) is 41.3 Å². The molecule has 168 valence electrons. The summed E-state index contributed by atoms with van der Waals surface area (Å²) in [7, 11) is 0. The maximum absolute atomic E-state index is 12.9. The lowest BCUT2D eigenvalue weighted by molar-refractivity contribution is -0.126. The zero-order valence-corrected chi connectivity index (χ0v) is 18.4. The van der Waals surface area contributed by atoms with Crippen molar-refractivity contribution in [3.05, 3.63) is 53.3 Å². The summed E-state index contributed by atoms with van der Waals surface area (Å²) in [5.74, 6) is 1.60. The second-order valence-electron chi connectivity index (χ2n) is 7.84. The first-order valence-corrected chi connectivity index (χ1v) is 11.6. The molecule has 1 amide bonds. The summed E-state index contributed by atoms with van der Waals surface area (Å²) in [5, 5.41) is 15.8. The number of aliphatic hydroxyl groups excluding tert-OH is 1. The quantitative estimate of drug-likeness (QED) is 0.471. The van der Waals surface area contributed by atoms with E-state index in [1.54, 1.807) is 29.7 Å². The number of carbonyl (C=O) groups excluding carboxylic acids is 1. The summed E-state index contributed by atoms with van der Waals surface area (Å²) in [4.78, 5) is 26.6. The molecule has 3 N–H and O–H groups in total. The molecule has 0 unspecified atom stereocenters. The molecule has 1 fully saturated rings. The third-order valence-electron chi connectivity index (χ3n) is 5.62. The highest BCUT2D eigenvalue weighted by atomic mass is 32.1. The highest BCUT2D eigenvalue weighted by Crippen LogP contribution is 2.39. The van der Waals surface area contributed by atoms with Gasteiger partial charge in [-0.05, 0) is 55.5 Å². The maximum atomic E-state index is 12.9. The van der Waals surface area contributed by atoms with Crippen LogP contribution in [0.3, 0.4) is 0 Å². The van der Waals surface area contributed by atoms with E-state index in [1.807, 2.05) is 24.4 Å². The van der Waals surface area contributed by atoms with Gasteiger partial charge in [-0.3, -0.25) is 4.79 Å². The third-order valence-corrected chi connectivity index (χ3v) is 6.80. The van der Waals surface area contributed by atoms with Gasteiger partial charge in [0.2, 0.25) is 5.91 Å². The van der Waals surface area contributed by atoms with Crippen LogP contribution < -0.4 is 10.6 Å². The number of thiazole rings is 1. The minimum Gasteiger partial charge on any atom is -0.395 e. The Labute approximate surface area is 190 Å². The standard InChI is InChI=1S/C23H26FN5O2S/c24-13-15-8-9-25-21(12-15)29-20-3-1-2-18(28-20)19-14-27-23(32-19)17-6-4-16(5-7-17)22(31)26-10-11-30/h1-3,8-9,12,14,16-17,30H,4-7,10-11,13H2,(H,26,31)(H,25,28,29)/t16-,17-. The van der Waals surface area contributed by atoms with Crippen LogP contribution in [0.2, 0.25) is 0 Å². The van der Waals surface area contributed by atoms with E-state index in [9.17, 15) is 9.18 Å². The Balaban J connectivity index is 1.39. The number of aromatic nitrogens is 3. The normalized spacial score (nSPS) is 18.3. The molecule has 3 aromatic heterocycles. The van der Waals surface area contributed by atoms with Crippen molar-refractivity contribution >= 4 is 28.9 Å². The van der Waals surface area contributed by atoms with Crippen LogP contribution in [-0.2, 0) is 11.5 Å². The molecule has 1 aliphatic rings. The first-order chi connectivity index (χ1) is 15.7. The molecule has 0 spiro atoms. The number of halogens is 1. The molecule has 3 heterocycles. The molecule has 0 radical (unpaired) electrons. The van der Waals surface area contributed by atoms with Crippen molar-refractivity contribution in [3.8, 4) is 10.6 Å². The summed E-state index contributed by atoms with van der Waals surface area (Å²) < 4.78 is 12.9. The number of nitrogens with one attached hydrogen (secondary N) is 2. The Morgan fingerprint density at radius 2 is 2.00 bits per heavy atom. The molecular weight excluding hydrogens is 429 g/mol. The zero-order valence-electron chi connectivity index (χ0n) is 17.6. The smallest absolute Gasteiger partial charge is 0.223 e. The van der Waals surface area contributed by atoms with Crippen LogP contribution in [0.5, 0.6) is 0 Å². The van der Waals surface area contributed by atoms with Gasteiger partial charge in [0.1, 0.15) is 18.3 Å². The summed E-state index contributed by atoms with van der Waals surface area (Å²) in [6.45, 7) is -0.259. The van der Waals surface area contributed by atoms with Crippen molar-refractivity contribution in [2.45, 2.75) is 38.3 Å². The SMILES string of the molecule is O=C(NCCO)[C@H]1CC[C@H](c2ncc(-c3cccc(Nc4cc(CF)ccn4)n3)s2)CC1. The second kappa shape index (κ2) is 10.6. The number of pyridine rings is 2. The first-order valence-electron chi connectivity index (χ1n) is 10.8. The molecule has 4 rings (SSSR count). The van der Waals surface area contributed by atoms with Gasteiger partial charge in [0.15, 0.2) is 0 Å². The van der Waals surface area contributed by atoms with E-state index in [-0.39, 0.29) is 18.4 Å². The predicted molar refractivity (Wildman–Crippen MR) is 122 cm³/mol. The Kier molecular flexibility index (Phi) is 7.39. The molecule has 32 heavy (non-hydrogen) atoms. The third kappa shape index (κ3) is 5.46. The van der Waals surface area contributed by atoms with Gasteiger partial charge in [0.05, 0.1) is 22.2 Å². The van der Waals surface area contributed by atoms with E-state index in [0.29, 0.717) is 29.7 Å². The van der Waals surface area contributed by atoms with Crippen LogP contribution in [0, 0.1) is 5.92 Å². The molecule has 9 heteroatoms. The Bertz CT molecular complexity index is 1050. The first kappa shape index (κ1) is 22.3. The topological polar surface area (TPSA) is 100 Å². The highest BCUT2D eigenvalue weighted by molar-refractivity contribution is 7.15. The largest absolute Gasteiger partial charge is 0.395 e. The summed E-state index contributed by atoms with van der Waals surface area (Å²) in [6.07, 6.45) is 6.94. The van der Waals surface area contributed by atoms with E-state index < -0.39 is 6.67 Å². The van der Waals surface area contributed by atoms with Crippen molar-refractivity contribution < 1.29 is 14.3 Å². The summed E-state index contributed by atoms with van der Waals surface area (Å²) in [5.41, 5.74) is 1.38. The molecule has 0 saturated heterocycles. The molecular formula is C23H26FN5O2S. The summed E-state index contributed by atoms with van der Waals surface area (Å²) >= 11 is 1.64. The van der Waals surface area contributed by atoms with Crippen LogP contribution in [-0.4, -0.2) is 39.1 Å². The van der Waals surface area contributed by atoms with Crippen LogP contribution in [0.1, 0.15) is 42.2 Å². The monoisotopic (exact) mass is 455 g/mol. The molecule has 3 aromatic rings. The number of nitrogens with zero attached hydrogens (tertiary/aromatic N) is 3. The predicted octanol–water partition coefficient (Wildman–Crippen LogP) is 4.20. The molecule has 1 saturated carbocycles. The van der Waals surface area contributed by atoms with Crippen LogP contribution in [0.25, 0.3) is 10.6 Å². The van der Waals surface area contributed by atoms with Crippen LogP contribution >= 0.6 is 11.3 Å². The fraction of sp³-hybridized carbons (Fsp3) is 0.391. The lowest BCUT2D eigenvalue weighted by atomic mass is 9.82. The fourth-order valence-corrected chi connectivity index (χ4v) is 4.98. The van der Waals surface area contributed by atoms with E-state index >= 15 is 0 Å². The Morgan fingerprint density at radius 3 is 2.78 bits per heavy atom. The van der Waals surface area contributed by atoms with Gasteiger partial charge < -0.3 is 15.7 Å². The van der Waals surface area contributed by atoms with Gasteiger partial charge >= 0.3 is 0 Å². The van der Waals surface area contributed by atoms with Crippen molar-refractivity contribution in [2.75, 3.05) is 18.5 Å². The van der Waals surface area contributed by atoms with Gasteiger partial charge in [-0.15, -0.1) is 11.3 Å². The average molecular weight is 456 g/mol. The molecule has 0 aromatic carbocycles. The number of rotatable bonds is 8. The molecule has 7 nitrogen and oxygen atoms in total. The molecule has 1 aliphatic carbocycles. The number of anilines is 2. The lowest BCUT2D eigenvalue weighted by Crippen LogP contribution is -2.34. The molecule has 0 bridgehead atoms. The van der Waals surface area contributed by atoms with E-state index in [1.165, 1.54) is 0 Å². The van der Waals surface area contributed by atoms with Gasteiger partial charge in [0.25, 0.3) is 0 Å². The van der Waals surface area contributed by atoms with Crippen LogP contribution in [0.15, 0.2) is 42.7 Å². The number of hydrogen-bond acceptors (Lipinski definition) is 7. The minimum absolute atomic E-state index is 0.0196. The summed E-state index contributed by atoms with van der Waals surface area (Å²) in [6, 6.07) is 9.01. The second-order valence-corrected chi connectivity index (χ2v) is 8.90. The van der Waals surface area contributed by atoms with Gasteiger partial charge in [0, 0.05) is 30.8 Å². The fourth-order valence-electron chi connectivity index (χ4n) is 3.92. The van der Waals surface area contributed by atoms with E-state index in [2.05, 4.69) is 25.6 Å². The van der Waals surface area contributed by atoms with Crippen molar-refractivity contribution in [3.63, 3.8) is 0 Å². The number of carbonyl (C=O) groups is 1. The van der Waals surface area contributed by atoms with Crippen molar-refractivity contribution in [1.29, 1.82) is 0 Å². The number of aliphatic hydroxyl groups is 1. The Hall–Kier alpha value is -2.91. The zero-order chi connectivity index (χ0) is 22.3. The number of amides is 1. The average Bonchev–Trinajstić information content (AvgIpc) is 3.33. The van der Waals surface area contributed by atoms with Crippen molar-refractivity contribution in [1.82, 2.24) is 20.3 Å². The van der Waals surface area contributed by atoms with Gasteiger partial charge in [-0.2, -0.15) is 0 Å². The number of alkyl halides is 1. The minimum atomic E-state index is -0.538. The van der Waals surface area contributed by atoms with Crippen LogP contribution in [0.4, 0.5) is 16.0 Å².